The van der Waals surface area contributed by atoms with Crippen LogP contribution < -0.4 is 5.73 Å². The number of ketones is 1. The maximum Gasteiger partial charge on any atom is 0.180 e. The van der Waals surface area contributed by atoms with Crippen molar-refractivity contribution in [3.8, 4) is 0 Å². The molecule has 2 N–H and O–H groups in total. The monoisotopic (exact) mass is 223 g/mol. The van der Waals surface area contributed by atoms with Crippen LogP contribution in [-0.4, -0.2) is 12.3 Å². The van der Waals surface area contributed by atoms with Crippen LogP contribution >= 0.6 is 11.3 Å². The number of carbonyl (C=O) groups is 1. The average molecular weight is 223 g/mol. The molecule has 1 aromatic rings. The van der Waals surface area contributed by atoms with Gasteiger partial charge < -0.3 is 5.73 Å². The van der Waals surface area contributed by atoms with E-state index in [1.165, 1.54) is 17.8 Å². The lowest BCUT2D eigenvalue weighted by Crippen LogP contribution is -2.40. The molecular weight excluding hydrogens is 206 g/mol. The molecule has 1 aliphatic rings. The number of hydrogen-bond acceptors (Lipinski definition) is 3. The van der Waals surface area contributed by atoms with Gasteiger partial charge in [0.05, 0.1) is 4.88 Å². The Morgan fingerprint density at radius 1 is 1.40 bits per heavy atom. The van der Waals surface area contributed by atoms with Crippen molar-refractivity contribution < 1.29 is 4.79 Å². The van der Waals surface area contributed by atoms with Crippen LogP contribution in [0.2, 0.25) is 0 Å². The number of nitrogens with two attached hydrogens (primary N) is 1. The molecule has 0 aliphatic heterocycles. The Kier molecular flexibility index (Phi) is 3.22. The molecule has 0 saturated heterocycles. The van der Waals surface area contributed by atoms with E-state index in [2.05, 4.69) is 0 Å². The summed E-state index contributed by atoms with van der Waals surface area (Å²) in [4.78, 5) is 13.2. The molecule has 0 unspecified atom stereocenters. The van der Waals surface area contributed by atoms with E-state index in [-0.39, 0.29) is 11.2 Å². The van der Waals surface area contributed by atoms with Gasteiger partial charge in [0.15, 0.2) is 5.78 Å². The van der Waals surface area contributed by atoms with Gasteiger partial charge >= 0.3 is 0 Å². The first-order valence-corrected chi connectivity index (χ1v) is 6.45. The first kappa shape index (κ1) is 10.8. The van der Waals surface area contributed by atoms with Crippen molar-refractivity contribution in [2.75, 3.05) is 6.54 Å². The summed E-state index contributed by atoms with van der Waals surface area (Å²) < 4.78 is 0. The Morgan fingerprint density at radius 2 is 2.13 bits per heavy atom. The van der Waals surface area contributed by atoms with Crippen LogP contribution in [0.3, 0.4) is 0 Å². The molecule has 1 aliphatic carbocycles. The fraction of sp³-hybridized carbons (Fsp3) is 0.583. The number of thiophene rings is 1. The lowest BCUT2D eigenvalue weighted by atomic mass is 9.71. The van der Waals surface area contributed by atoms with Crippen molar-refractivity contribution in [1.29, 1.82) is 0 Å². The van der Waals surface area contributed by atoms with E-state index < -0.39 is 0 Å². The molecule has 2 rings (SSSR count). The number of rotatable bonds is 3. The normalized spacial score (nSPS) is 20.1. The van der Waals surface area contributed by atoms with E-state index in [4.69, 9.17) is 5.73 Å². The SMILES string of the molecule is NCC1(C(=O)c2cccs2)CCCCC1. The van der Waals surface area contributed by atoms with Crippen molar-refractivity contribution in [3.05, 3.63) is 22.4 Å². The van der Waals surface area contributed by atoms with Gasteiger partial charge in [-0.25, -0.2) is 0 Å². The van der Waals surface area contributed by atoms with Crippen LogP contribution in [0.15, 0.2) is 17.5 Å². The summed E-state index contributed by atoms with van der Waals surface area (Å²) in [5, 5.41) is 1.96. The lowest BCUT2D eigenvalue weighted by molar-refractivity contribution is 0.0734. The molecule has 0 spiro atoms. The first-order valence-electron chi connectivity index (χ1n) is 5.57. The number of hydrogen-bond donors (Lipinski definition) is 1. The van der Waals surface area contributed by atoms with Gasteiger partial charge in [-0.2, -0.15) is 0 Å². The molecule has 0 amide bonds. The van der Waals surface area contributed by atoms with Crippen LogP contribution in [0.4, 0.5) is 0 Å². The van der Waals surface area contributed by atoms with Crippen molar-refractivity contribution in [3.63, 3.8) is 0 Å². The topological polar surface area (TPSA) is 43.1 Å². The van der Waals surface area contributed by atoms with Crippen LogP contribution in [0.1, 0.15) is 41.8 Å². The van der Waals surface area contributed by atoms with Crippen LogP contribution in [0.25, 0.3) is 0 Å². The Bertz CT molecular complexity index is 325. The third kappa shape index (κ3) is 1.99. The van der Waals surface area contributed by atoms with E-state index in [1.54, 1.807) is 0 Å². The minimum atomic E-state index is -0.247. The summed E-state index contributed by atoms with van der Waals surface area (Å²) in [5.74, 6) is 0.278. The first-order chi connectivity index (χ1) is 7.28. The second-order valence-electron chi connectivity index (χ2n) is 4.35. The predicted molar refractivity (Wildman–Crippen MR) is 63.2 cm³/mol. The van der Waals surface area contributed by atoms with Gasteiger partial charge in [0, 0.05) is 12.0 Å². The number of carbonyl (C=O) groups excluding carboxylic acids is 1. The van der Waals surface area contributed by atoms with Crippen molar-refractivity contribution in [1.82, 2.24) is 0 Å². The zero-order valence-electron chi connectivity index (χ0n) is 8.87. The molecule has 1 saturated carbocycles. The highest BCUT2D eigenvalue weighted by atomic mass is 32.1. The maximum atomic E-state index is 12.3. The predicted octanol–water partition coefficient (Wildman–Crippen LogP) is 2.84. The van der Waals surface area contributed by atoms with Gasteiger partial charge in [-0.3, -0.25) is 4.79 Å². The highest BCUT2D eigenvalue weighted by Crippen LogP contribution is 2.38. The zero-order chi connectivity index (χ0) is 10.7. The van der Waals surface area contributed by atoms with Gasteiger partial charge in [-0.05, 0) is 24.3 Å². The third-order valence-corrected chi connectivity index (χ3v) is 4.30. The van der Waals surface area contributed by atoms with Crippen molar-refractivity contribution >= 4 is 17.1 Å². The van der Waals surface area contributed by atoms with Gasteiger partial charge in [-0.15, -0.1) is 11.3 Å². The summed E-state index contributed by atoms with van der Waals surface area (Å²) in [6.45, 7) is 0.504. The van der Waals surface area contributed by atoms with E-state index in [0.717, 1.165) is 30.6 Å². The molecule has 0 radical (unpaired) electrons. The van der Waals surface area contributed by atoms with E-state index in [9.17, 15) is 4.79 Å². The Morgan fingerprint density at radius 3 is 2.67 bits per heavy atom. The van der Waals surface area contributed by atoms with Gasteiger partial charge in [-0.1, -0.05) is 25.3 Å². The standard InChI is InChI=1S/C12H17NOS/c13-9-12(6-2-1-3-7-12)11(14)10-5-4-8-15-10/h4-5,8H,1-3,6-7,9,13H2. The van der Waals surface area contributed by atoms with Gasteiger partial charge in [0.25, 0.3) is 0 Å². The van der Waals surface area contributed by atoms with E-state index in [1.807, 2.05) is 17.5 Å². The van der Waals surface area contributed by atoms with Gasteiger partial charge in [0.2, 0.25) is 0 Å². The van der Waals surface area contributed by atoms with E-state index >= 15 is 0 Å². The minimum absolute atomic E-state index is 0.247. The molecule has 2 nitrogen and oxygen atoms in total. The molecule has 0 aromatic carbocycles. The lowest BCUT2D eigenvalue weighted by Gasteiger charge is -2.34. The highest BCUT2D eigenvalue weighted by Gasteiger charge is 2.38. The molecule has 1 heterocycles. The molecule has 1 aromatic heterocycles. The summed E-state index contributed by atoms with van der Waals surface area (Å²) >= 11 is 1.53. The fourth-order valence-electron chi connectivity index (χ4n) is 2.42. The second kappa shape index (κ2) is 4.45. The zero-order valence-corrected chi connectivity index (χ0v) is 9.69. The molecule has 82 valence electrons. The Hall–Kier alpha value is -0.670. The largest absolute Gasteiger partial charge is 0.329 e. The Balaban J connectivity index is 2.22. The molecule has 0 atom stereocenters. The minimum Gasteiger partial charge on any atom is -0.329 e. The van der Waals surface area contributed by atoms with E-state index in [0.29, 0.717) is 6.54 Å². The van der Waals surface area contributed by atoms with Crippen molar-refractivity contribution in [2.24, 2.45) is 11.1 Å². The second-order valence-corrected chi connectivity index (χ2v) is 5.30. The fourth-order valence-corrected chi connectivity index (χ4v) is 3.21. The summed E-state index contributed by atoms with van der Waals surface area (Å²) in [6.07, 6.45) is 5.49. The molecule has 0 bridgehead atoms. The molecule has 1 fully saturated rings. The van der Waals surface area contributed by atoms with Crippen LogP contribution in [-0.2, 0) is 0 Å². The smallest absolute Gasteiger partial charge is 0.180 e. The average Bonchev–Trinajstić information content (AvgIpc) is 2.82. The molecule has 3 heteroatoms. The molecular formula is C12H17NOS. The highest BCUT2D eigenvalue weighted by molar-refractivity contribution is 7.12. The summed E-state index contributed by atoms with van der Waals surface area (Å²) in [6, 6.07) is 3.85. The number of Topliss-reactive ketones (excluding diaryl/α,β-unsaturated/α-hetero) is 1. The van der Waals surface area contributed by atoms with Crippen LogP contribution in [0, 0.1) is 5.41 Å². The van der Waals surface area contributed by atoms with Crippen molar-refractivity contribution in [2.45, 2.75) is 32.1 Å². The maximum absolute atomic E-state index is 12.3. The quantitative estimate of drug-likeness (QED) is 0.801. The summed E-state index contributed by atoms with van der Waals surface area (Å²) in [7, 11) is 0. The summed E-state index contributed by atoms with van der Waals surface area (Å²) in [5.41, 5.74) is 5.58. The molecule has 15 heavy (non-hydrogen) atoms. The third-order valence-electron chi connectivity index (χ3n) is 3.43. The van der Waals surface area contributed by atoms with Gasteiger partial charge in [0.1, 0.15) is 0 Å². The Labute approximate surface area is 94.5 Å². The van der Waals surface area contributed by atoms with Crippen LogP contribution in [0.5, 0.6) is 0 Å².